The van der Waals surface area contributed by atoms with E-state index in [-0.39, 0.29) is 30.6 Å². The molecule has 2 aromatic carbocycles. The number of nitrogens with one attached hydrogen (secondary N) is 1. The second-order valence-electron chi connectivity index (χ2n) is 9.47. The van der Waals surface area contributed by atoms with E-state index in [0.717, 1.165) is 44.1 Å². The molecule has 2 aromatic rings. The molecule has 0 spiro atoms. The molecule has 4 rings (SSSR count). The third-order valence-electron chi connectivity index (χ3n) is 6.91. The van der Waals surface area contributed by atoms with Crippen molar-refractivity contribution in [1.29, 1.82) is 0 Å². The van der Waals surface area contributed by atoms with E-state index in [9.17, 15) is 14.0 Å². The highest BCUT2D eigenvalue weighted by atomic mass is 19.1. The number of anilines is 1. The fraction of sp³-hybridized carbons (Fsp3) is 0.500. The Hall–Kier alpha value is -2.77. The third kappa shape index (κ3) is 6.67. The van der Waals surface area contributed by atoms with Crippen LogP contribution in [0.3, 0.4) is 0 Å². The first-order valence-electron chi connectivity index (χ1n) is 12.7. The van der Waals surface area contributed by atoms with Crippen LogP contribution in [0.15, 0.2) is 48.5 Å². The summed E-state index contributed by atoms with van der Waals surface area (Å²) in [6.45, 7) is 2.92. The van der Waals surface area contributed by atoms with Crippen molar-refractivity contribution in [2.45, 2.75) is 70.1 Å². The minimum absolute atomic E-state index is 0.0740. The SMILES string of the molecule is Cc1ccccc1C(C(=O)NC1CCCCC1)N(C(=O)COC1CCOCC1)c1cccc(F)c1. The number of carbonyl (C=O) groups is 2. The third-order valence-corrected chi connectivity index (χ3v) is 6.91. The van der Waals surface area contributed by atoms with Crippen LogP contribution in [0.4, 0.5) is 10.1 Å². The maximum atomic E-state index is 14.3. The molecule has 0 bridgehead atoms. The molecule has 1 aliphatic heterocycles. The molecule has 1 heterocycles. The molecule has 1 unspecified atom stereocenters. The monoisotopic (exact) mass is 482 g/mol. The zero-order chi connectivity index (χ0) is 24.6. The summed E-state index contributed by atoms with van der Waals surface area (Å²) in [5.74, 6) is -1.11. The van der Waals surface area contributed by atoms with Crippen LogP contribution in [0.5, 0.6) is 0 Å². The van der Waals surface area contributed by atoms with Gasteiger partial charge in [-0.25, -0.2) is 4.39 Å². The Labute approximate surface area is 206 Å². The van der Waals surface area contributed by atoms with E-state index < -0.39 is 11.9 Å². The van der Waals surface area contributed by atoms with E-state index in [2.05, 4.69) is 5.32 Å². The zero-order valence-electron chi connectivity index (χ0n) is 20.4. The summed E-state index contributed by atoms with van der Waals surface area (Å²) in [7, 11) is 0. The zero-order valence-corrected chi connectivity index (χ0v) is 20.4. The highest BCUT2D eigenvalue weighted by Crippen LogP contribution is 2.31. The van der Waals surface area contributed by atoms with Crippen molar-refractivity contribution in [2.24, 2.45) is 0 Å². The number of halogens is 1. The molecule has 1 aliphatic carbocycles. The molecule has 35 heavy (non-hydrogen) atoms. The first-order valence-corrected chi connectivity index (χ1v) is 12.7. The molecule has 0 aromatic heterocycles. The average Bonchev–Trinajstić information content (AvgIpc) is 2.87. The molecule has 1 N–H and O–H groups in total. The van der Waals surface area contributed by atoms with Crippen LogP contribution in [-0.4, -0.2) is 43.8 Å². The fourth-order valence-electron chi connectivity index (χ4n) is 4.98. The first kappa shape index (κ1) is 25.3. The normalized spacial score (nSPS) is 18.1. The van der Waals surface area contributed by atoms with Gasteiger partial charge in [0, 0.05) is 24.9 Å². The predicted octanol–water partition coefficient (Wildman–Crippen LogP) is 4.85. The van der Waals surface area contributed by atoms with Crippen LogP contribution in [0.25, 0.3) is 0 Å². The van der Waals surface area contributed by atoms with Crippen molar-refractivity contribution in [1.82, 2.24) is 5.32 Å². The Morgan fingerprint density at radius 3 is 2.51 bits per heavy atom. The van der Waals surface area contributed by atoms with E-state index in [4.69, 9.17) is 9.47 Å². The highest BCUT2D eigenvalue weighted by molar-refractivity contribution is 6.02. The van der Waals surface area contributed by atoms with Crippen molar-refractivity contribution in [3.63, 3.8) is 0 Å². The van der Waals surface area contributed by atoms with E-state index in [0.29, 0.717) is 24.5 Å². The van der Waals surface area contributed by atoms with E-state index in [1.54, 1.807) is 12.1 Å². The van der Waals surface area contributed by atoms with E-state index >= 15 is 0 Å². The van der Waals surface area contributed by atoms with Crippen LogP contribution >= 0.6 is 0 Å². The van der Waals surface area contributed by atoms with Crippen molar-refractivity contribution >= 4 is 17.5 Å². The molecular formula is C28H35FN2O4. The quantitative estimate of drug-likeness (QED) is 0.584. The lowest BCUT2D eigenvalue weighted by atomic mass is 9.93. The Morgan fingerprint density at radius 1 is 1.06 bits per heavy atom. The van der Waals surface area contributed by atoms with Gasteiger partial charge in [-0.3, -0.25) is 14.5 Å². The highest BCUT2D eigenvalue weighted by Gasteiger charge is 2.35. The summed E-state index contributed by atoms with van der Waals surface area (Å²) in [5.41, 5.74) is 1.93. The molecule has 0 radical (unpaired) electrons. The van der Waals surface area contributed by atoms with Crippen LogP contribution in [-0.2, 0) is 19.1 Å². The number of rotatable bonds is 8. The smallest absolute Gasteiger partial charge is 0.254 e. The van der Waals surface area contributed by atoms with E-state index in [1.165, 1.54) is 23.5 Å². The first-order chi connectivity index (χ1) is 17.0. The van der Waals surface area contributed by atoms with Gasteiger partial charge in [-0.15, -0.1) is 0 Å². The van der Waals surface area contributed by atoms with Gasteiger partial charge in [0.05, 0.1) is 6.10 Å². The number of ether oxygens (including phenoxy) is 2. The van der Waals surface area contributed by atoms with Crippen LogP contribution in [0.1, 0.15) is 62.1 Å². The molecule has 1 saturated carbocycles. The van der Waals surface area contributed by atoms with Crippen molar-refractivity contribution < 1.29 is 23.5 Å². The van der Waals surface area contributed by atoms with Gasteiger partial charge in [-0.05, 0) is 61.9 Å². The minimum Gasteiger partial charge on any atom is -0.381 e. The number of hydrogen-bond acceptors (Lipinski definition) is 4. The molecular weight excluding hydrogens is 447 g/mol. The van der Waals surface area contributed by atoms with Gasteiger partial charge < -0.3 is 14.8 Å². The molecule has 2 amide bonds. The topological polar surface area (TPSA) is 67.9 Å². The lowest BCUT2D eigenvalue weighted by molar-refractivity contribution is -0.131. The summed E-state index contributed by atoms with van der Waals surface area (Å²) in [4.78, 5) is 28.9. The minimum atomic E-state index is -0.939. The second-order valence-corrected chi connectivity index (χ2v) is 9.47. The molecule has 1 atom stereocenters. The number of carbonyl (C=O) groups excluding carboxylic acids is 2. The number of hydrogen-bond donors (Lipinski definition) is 1. The molecule has 188 valence electrons. The fourth-order valence-corrected chi connectivity index (χ4v) is 4.98. The summed E-state index contributed by atoms with van der Waals surface area (Å²) in [5, 5.41) is 3.19. The number of aryl methyl sites for hydroxylation is 1. The average molecular weight is 483 g/mol. The molecule has 6 nitrogen and oxygen atoms in total. The number of nitrogens with zero attached hydrogens (tertiary/aromatic N) is 1. The predicted molar refractivity (Wildman–Crippen MR) is 133 cm³/mol. The molecule has 7 heteroatoms. The summed E-state index contributed by atoms with van der Waals surface area (Å²) in [6.07, 6.45) is 6.53. The summed E-state index contributed by atoms with van der Waals surface area (Å²) in [6, 6.07) is 12.5. The van der Waals surface area contributed by atoms with Crippen LogP contribution in [0, 0.1) is 12.7 Å². The number of benzene rings is 2. The summed E-state index contributed by atoms with van der Waals surface area (Å²) < 4.78 is 25.6. The van der Waals surface area contributed by atoms with Gasteiger partial charge in [0.15, 0.2) is 0 Å². The Balaban J connectivity index is 1.67. The Bertz CT molecular complexity index is 1000. The van der Waals surface area contributed by atoms with E-state index in [1.807, 2.05) is 31.2 Å². The van der Waals surface area contributed by atoms with Crippen molar-refractivity contribution in [2.75, 3.05) is 24.7 Å². The van der Waals surface area contributed by atoms with Crippen molar-refractivity contribution in [3.05, 3.63) is 65.5 Å². The van der Waals surface area contributed by atoms with Crippen LogP contribution < -0.4 is 10.2 Å². The number of amides is 2. The van der Waals surface area contributed by atoms with Gasteiger partial charge in [0.25, 0.3) is 5.91 Å². The molecule has 2 aliphatic rings. The Morgan fingerprint density at radius 2 is 1.80 bits per heavy atom. The van der Waals surface area contributed by atoms with Gasteiger partial charge >= 0.3 is 0 Å². The lowest BCUT2D eigenvalue weighted by Crippen LogP contribution is -2.48. The molecule has 2 fully saturated rings. The summed E-state index contributed by atoms with van der Waals surface area (Å²) >= 11 is 0. The Kier molecular flexibility index (Phi) is 8.88. The van der Waals surface area contributed by atoms with Gasteiger partial charge in [0.2, 0.25) is 5.91 Å². The van der Waals surface area contributed by atoms with Gasteiger partial charge in [-0.2, -0.15) is 0 Å². The largest absolute Gasteiger partial charge is 0.381 e. The molecule has 1 saturated heterocycles. The van der Waals surface area contributed by atoms with Crippen molar-refractivity contribution in [3.8, 4) is 0 Å². The van der Waals surface area contributed by atoms with Gasteiger partial charge in [0.1, 0.15) is 18.5 Å². The standard InChI is InChI=1S/C28H35FN2O4/c1-20-8-5-6-13-25(20)27(28(33)30-22-10-3-2-4-11-22)31(23-12-7-9-21(29)18-23)26(32)19-35-24-14-16-34-17-15-24/h5-9,12-13,18,22,24,27H,2-4,10-11,14-17,19H2,1H3,(H,30,33). The maximum Gasteiger partial charge on any atom is 0.254 e. The lowest BCUT2D eigenvalue weighted by Gasteiger charge is -2.34. The maximum absolute atomic E-state index is 14.3. The van der Waals surface area contributed by atoms with Crippen LogP contribution in [0.2, 0.25) is 0 Å². The second kappa shape index (κ2) is 12.3. The van der Waals surface area contributed by atoms with Gasteiger partial charge in [-0.1, -0.05) is 49.6 Å².